The van der Waals surface area contributed by atoms with Crippen LogP contribution in [0.3, 0.4) is 0 Å². The third kappa shape index (κ3) is 5.60. The molecule has 33 heavy (non-hydrogen) atoms. The Morgan fingerprint density at radius 2 is 2.06 bits per heavy atom. The van der Waals surface area contributed by atoms with Gasteiger partial charge in [-0.1, -0.05) is 35.9 Å². The van der Waals surface area contributed by atoms with Crippen molar-refractivity contribution in [2.24, 2.45) is 18.7 Å². The van der Waals surface area contributed by atoms with Crippen LogP contribution in [0.4, 0.5) is 0 Å². The lowest BCUT2D eigenvalue weighted by molar-refractivity contribution is -0.136. The second-order valence-corrected chi connectivity index (χ2v) is 9.54. The number of nitrogens with zero attached hydrogens (tertiary/aromatic N) is 2. The van der Waals surface area contributed by atoms with Gasteiger partial charge in [0.15, 0.2) is 0 Å². The number of hydrogen-bond acceptors (Lipinski definition) is 3. The van der Waals surface area contributed by atoms with Gasteiger partial charge in [0.05, 0.1) is 5.92 Å². The normalized spacial score (nSPS) is 14.5. The summed E-state index contributed by atoms with van der Waals surface area (Å²) in [6, 6.07) is 14.8. The summed E-state index contributed by atoms with van der Waals surface area (Å²) >= 11 is 6.55. The molecule has 0 radical (unpaired) electrons. The number of carbonyl (C=O) groups is 1. The van der Waals surface area contributed by atoms with Crippen LogP contribution in [0.25, 0.3) is 10.9 Å². The van der Waals surface area contributed by atoms with Crippen LogP contribution in [-0.4, -0.2) is 41.7 Å². The summed E-state index contributed by atoms with van der Waals surface area (Å²) in [6.45, 7) is 1.60. The zero-order chi connectivity index (χ0) is 23.4. The number of nitrogens with two attached hydrogens (primary N) is 1. The fraction of sp³-hybridized carbons (Fsp3) is 0.444. The Bertz CT molecular complexity index is 1110. The fourth-order valence-electron chi connectivity index (χ4n) is 4.60. The maximum absolute atomic E-state index is 13.7. The summed E-state index contributed by atoms with van der Waals surface area (Å²) in [6.07, 6.45) is 6.69. The van der Waals surface area contributed by atoms with Gasteiger partial charge in [0.25, 0.3) is 0 Å². The first-order valence-electron chi connectivity index (χ1n) is 11.8. The molecule has 2 N–H and O–H groups in total. The number of rotatable bonds is 11. The summed E-state index contributed by atoms with van der Waals surface area (Å²) in [7, 11) is 3.76. The largest absolute Gasteiger partial charge is 0.385 e. The Morgan fingerprint density at radius 3 is 2.79 bits per heavy atom. The summed E-state index contributed by atoms with van der Waals surface area (Å²) in [5.74, 6) is -0.117. The Hall–Kier alpha value is -2.34. The number of halogens is 1. The predicted molar refractivity (Wildman–Crippen MR) is 134 cm³/mol. The number of methoxy groups -OCH3 is 1. The second-order valence-electron chi connectivity index (χ2n) is 9.13. The van der Waals surface area contributed by atoms with E-state index in [2.05, 4.69) is 47.2 Å². The van der Waals surface area contributed by atoms with Crippen molar-refractivity contribution < 1.29 is 9.53 Å². The zero-order valence-electron chi connectivity index (χ0n) is 19.6. The van der Waals surface area contributed by atoms with E-state index >= 15 is 0 Å². The van der Waals surface area contributed by atoms with E-state index in [9.17, 15) is 4.79 Å². The summed E-state index contributed by atoms with van der Waals surface area (Å²) in [5, 5.41) is 1.90. The molecular weight excluding hydrogens is 434 g/mol. The third-order valence-electron chi connectivity index (χ3n) is 6.65. The molecule has 0 saturated heterocycles. The number of amides is 1. The van der Waals surface area contributed by atoms with Crippen LogP contribution in [0, 0.1) is 5.92 Å². The number of aryl methyl sites for hydroxylation is 2. The first-order chi connectivity index (χ1) is 16.0. The maximum atomic E-state index is 13.7. The molecule has 1 heterocycles. The van der Waals surface area contributed by atoms with E-state index in [0.717, 1.165) is 37.9 Å². The van der Waals surface area contributed by atoms with Gasteiger partial charge < -0.3 is 19.9 Å². The fourth-order valence-corrected chi connectivity index (χ4v) is 4.77. The molecule has 0 aliphatic heterocycles. The third-order valence-corrected chi connectivity index (χ3v) is 7.02. The minimum Gasteiger partial charge on any atom is -0.385 e. The molecule has 0 bridgehead atoms. The molecule has 4 rings (SSSR count). The standard InChI is InChI=1S/C27H34ClN3O2/c1-30-13-12-24-20(6-3-7-26(24)30)16-21(17-29)27(32)31(23-9-10-23)18-22-15-19(5-4-14-33-2)8-11-25(22)28/h3,6-8,11-13,15,21,23H,4-5,9-10,14,16-18,29H2,1-2H3. The smallest absolute Gasteiger partial charge is 0.227 e. The van der Waals surface area contributed by atoms with Crippen molar-refractivity contribution in [2.75, 3.05) is 20.3 Å². The van der Waals surface area contributed by atoms with Gasteiger partial charge in [-0.15, -0.1) is 0 Å². The van der Waals surface area contributed by atoms with Crippen LogP contribution in [0.2, 0.25) is 5.02 Å². The van der Waals surface area contributed by atoms with Crippen molar-refractivity contribution in [2.45, 2.75) is 44.7 Å². The van der Waals surface area contributed by atoms with Crippen LogP contribution in [0.15, 0.2) is 48.7 Å². The van der Waals surface area contributed by atoms with Crippen molar-refractivity contribution in [1.82, 2.24) is 9.47 Å². The molecule has 3 aromatic rings. The van der Waals surface area contributed by atoms with E-state index < -0.39 is 0 Å². The zero-order valence-corrected chi connectivity index (χ0v) is 20.4. The van der Waals surface area contributed by atoms with E-state index in [1.165, 1.54) is 22.0 Å². The molecule has 0 spiro atoms. The van der Waals surface area contributed by atoms with Crippen LogP contribution >= 0.6 is 11.6 Å². The number of hydrogen-bond donors (Lipinski definition) is 1. The molecule has 1 aliphatic rings. The molecule has 1 unspecified atom stereocenters. The lowest BCUT2D eigenvalue weighted by Crippen LogP contribution is -2.41. The highest BCUT2D eigenvalue weighted by atomic mass is 35.5. The quantitative estimate of drug-likeness (QED) is 0.415. The van der Waals surface area contributed by atoms with Gasteiger partial charge in [0, 0.05) is 62.0 Å². The number of aromatic nitrogens is 1. The highest BCUT2D eigenvalue weighted by Crippen LogP contribution is 2.32. The van der Waals surface area contributed by atoms with Crippen LogP contribution < -0.4 is 5.73 Å². The molecule has 1 saturated carbocycles. The summed E-state index contributed by atoms with van der Waals surface area (Å²) < 4.78 is 7.28. The Labute approximate surface area is 201 Å². The molecule has 1 aliphatic carbocycles. The highest BCUT2D eigenvalue weighted by molar-refractivity contribution is 6.31. The van der Waals surface area contributed by atoms with Gasteiger partial charge in [0.1, 0.15) is 0 Å². The van der Waals surface area contributed by atoms with Crippen molar-refractivity contribution in [3.05, 3.63) is 70.4 Å². The van der Waals surface area contributed by atoms with Gasteiger partial charge in [-0.2, -0.15) is 0 Å². The maximum Gasteiger partial charge on any atom is 0.227 e. The van der Waals surface area contributed by atoms with Crippen molar-refractivity contribution >= 4 is 28.4 Å². The van der Waals surface area contributed by atoms with Crippen molar-refractivity contribution in [3.63, 3.8) is 0 Å². The number of fused-ring (bicyclic) bond motifs is 1. The molecule has 1 amide bonds. The molecule has 1 fully saturated rings. The summed E-state index contributed by atoms with van der Waals surface area (Å²) in [4.78, 5) is 15.7. The SMILES string of the molecule is COCCCc1ccc(Cl)c(CN(C(=O)C(CN)Cc2cccc3c2ccn3C)C2CC2)c1. The van der Waals surface area contributed by atoms with Gasteiger partial charge in [-0.05, 0) is 67.0 Å². The lowest BCUT2D eigenvalue weighted by Gasteiger charge is -2.28. The lowest BCUT2D eigenvalue weighted by atomic mass is 9.95. The molecule has 176 valence electrons. The first kappa shape index (κ1) is 23.8. The number of carbonyl (C=O) groups excluding carboxylic acids is 1. The number of benzene rings is 2. The van der Waals surface area contributed by atoms with Crippen LogP contribution in [0.5, 0.6) is 0 Å². The van der Waals surface area contributed by atoms with Crippen LogP contribution in [-0.2, 0) is 36.0 Å². The second kappa shape index (κ2) is 10.7. The van der Waals surface area contributed by atoms with Gasteiger partial charge in [-0.25, -0.2) is 0 Å². The average molecular weight is 468 g/mol. The highest BCUT2D eigenvalue weighted by Gasteiger charge is 2.36. The van der Waals surface area contributed by atoms with Crippen molar-refractivity contribution in [3.8, 4) is 0 Å². The molecular formula is C27H34ClN3O2. The molecule has 5 nitrogen and oxygen atoms in total. The van der Waals surface area contributed by atoms with E-state index in [4.69, 9.17) is 22.1 Å². The van der Waals surface area contributed by atoms with Crippen molar-refractivity contribution in [1.29, 1.82) is 0 Å². The van der Waals surface area contributed by atoms with Gasteiger partial charge in [0.2, 0.25) is 5.91 Å². The molecule has 6 heteroatoms. The molecule has 1 atom stereocenters. The van der Waals surface area contributed by atoms with E-state index in [1.807, 2.05) is 18.0 Å². The molecule has 1 aromatic heterocycles. The topological polar surface area (TPSA) is 60.5 Å². The minimum absolute atomic E-state index is 0.133. The van der Waals surface area contributed by atoms with E-state index in [0.29, 0.717) is 24.5 Å². The average Bonchev–Trinajstić information content (AvgIpc) is 3.59. The predicted octanol–water partition coefficient (Wildman–Crippen LogP) is 4.72. The van der Waals surface area contributed by atoms with E-state index in [-0.39, 0.29) is 17.9 Å². The van der Waals surface area contributed by atoms with Crippen LogP contribution in [0.1, 0.15) is 36.0 Å². The first-order valence-corrected chi connectivity index (χ1v) is 12.2. The Kier molecular flexibility index (Phi) is 7.74. The van der Waals surface area contributed by atoms with E-state index in [1.54, 1.807) is 7.11 Å². The van der Waals surface area contributed by atoms with Gasteiger partial charge in [-0.3, -0.25) is 4.79 Å². The Balaban J connectivity index is 1.52. The van der Waals surface area contributed by atoms with Gasteiger partial charge >= 0.3 is 0 Å². The monoisotopic (exact) mass is 467 g/mol. The minimum atomic E-state index is -0.250. The molecule has 2 aromatic carbocycles. The Morgan fingerprint density at radius 1 is 1.24 bits per heavy atom. The summed E-state index contributed by atoms with van der Waals surface area (Å²) in [5.41, 5.74) is 10.7. The number of ether oxygens (including phenoxy) is 1.